The van der Waals surface area contributed by atoms with E-state index >= 15 is 0 Å². The maximum Gasteiger partial charge on any atom is 0.387 e. The van der Waals surface area contributed by atoms with Crippen LogP contribution in [0.25, 0.3) is 0 Å². The molecule has 2 aromatic carbocycles. The summed E-state index contributed by atoms with van der Waals surface area (Å²) in [5.41, 5.74) is 0.888. The van der Waals surface area contributed by atoms with Crippen LogP contribution in [0.1, 0.15) is 24.0 Å². The van der Waals surface area contributed by atoms with Crippen LogP contribution in [-0.4, -0.2) is 29.6 Å². The molecule has 28 heavy (non-hydrogen) atoms. The van der Waals surface area contributed by atoms with Gasteiger partial charge in [-0.25, -0.2) is 4.39 Å². The molecule has 1 saturated carbocycles. The fourth-order valence-corrected chi connectivity index (χ4v) is 3.03. The Hall–Kier alpha value is -2.81. The summed E-state index contributed by atoms with van der Waals surface area (Å²) in [7, 11) is 1.28. The lowest BCUT2D eigenvalue weighted by atomic mass is 10.1. The van der Waals surface area contributed by atoms with Crippen molar-refractivity contribution in [2.75, 3.05) is 7.11 Å². The quantitative estimate of drug-likeness (QED) is 0.461. The van der Waals surface area contributed by atoms with Crippen molar-refractivity contribution in [3.63, 3.8) is 0 Å². The zero-order chi connectivity index (χ0) is 20.3. The molecule has 2 aromatic rings. The molecule has 0 aliphatic heterocycles. The van der Waals surface area contributed by atoms with Crippen LogP contribution in [0.3, 0.4) is 0 Å². The van der Waals surface area contributed by atoms with Crippen LogP contribution in [0.2, 0.25) is 0 Å². The van der Waals surface area contributed by atoms with E-state index in [1.807, 2.05) is 4.90 Å². The smallest absolute Gasteiger partial charge is 0.387 e. The van der Waals surface area contributed by atoms with Gasteiger partial charge >= 0.3 is 6.61 Å². The summed E-state index contributed by atoms with van der Waals surface area (Å²) >= 11 is 0. The molecule has 1 aliphatic carbocycles. The van der Waals surface area contributed by atoms with Gasteiger partial charge in [0.2, 0.25) is 0 Å². The van der Waals surface area contributed by atoms with Crippen molar-refractivity contribution in [1.29, 1.82) is 0 Å². The molecular weight excluding hydrogens is 377 g/mol. The third kappa shape index (κ3) is 4.92. The minimum absolute atomic E-state index is 0.00145. The van der Waals surface area contributed by atoms with Crippen molar-refractivity contribution in [3.8, 4) is 11.5 Å². The van der Waals surface area contributed by atoms with Crippen molar-refractivity contribution in [1.82, 2.24) is 4.90 Å². The number of halogens is 3. The fourth-order valence-electron chi connectivity index (χ4n) is 3.03. The lowest BCUT2D eigenvalue weighted by Crippen LogP contribution is -2.25. The third-order valence-electron chi connectivity index (χ3n) is 4.51. The number of methoxy groups -OCH3 is 1. The van der Waals surface area contributed by atoms with Gasteiger partial charge in [-0.2, -0.15) is 8.78 Å². The highest BCUT2D eigenvalue weighted by molar-refractivity contribution is 5.54. The van der Waals surface area contributed by atoms with Gasteiger partial charge in [0.15, 0.2) is 11.5 Å². The van der Waals surface area contributed by atoms with Crippen LogP contribution in [-0.2, 0) is 13.1 Å². The van der Waals surface area contributed by atoms with Gasteiger partial charge in [-0.05, 0) is 36.6 Å². The number of ether oxygens (including phenoxy) is 2. The fraction of sp³-hybridized carbons (Fsp3) is 0.368. The van der Waals surface area contributed by atoms with Crippen molar-refractivity contribution in [3.05, 3.63) is 63.5 Å². The molecule has 0 aromatic heterocycles. The number of alkyl halides is 2. The van der Waals surface area contributed by atoms with Crippen molar-refractivity contribution in [2.24, 2.45) is 0 Å². The Bertz CT molecular complexity index is 842. The summed E-state index contributed by atoms with van der Waals surface area (Å²) in [6.07, 6.45) is 1.91. The Labute approximate surface area is 159 Å². The molecule has 0 N–H and O–H groups in total. The number of hydrogen-bond donors (Lipinski definition) is 0. The summed E-state index contributed by atoms with van der Waals surface area (Å²) in [5, 5.41) is 11.5. The molecule has 3 rings (SSSR count). The first-order valence-electron chi connectivity index (χ1n) is 8.66. The second-order valence-electron chi connectivity index (χ2n) is 6.53. The van der Waals surface area contributed by atoms with Gasteiger partial charge in [-0.15, -0.1) is 0 Å². The van der Waals surface area contributed by atoms with Crippen LogP contribution >= 0.6 is 0 Å². The molecule has 0 spiro atoms. The van der Waals surface area contributed by atoms with Gasteiger partial charge in [-0.3, -0.25) is 15.0 Å². The van der Waals surface area contributed by atoms with Gasteiger partial charge in [0.25, 0.3) is 5.69 Å². The van der Waals surface area contributed by atoms with Crippen LogP contribution in [0, 0.1) is 15.9 Å². The highest BCUT2D eigenvalue weighted by Crippen LogP contribution is 2.38. The lowest BCUT2D eigenvalue weighted by molar-refractivity contribution is -0.385. The molecule has 0 atom stereocenters. The molecule has 0 radical (unpaired) electrons. The second kappa shape index (κ2) is 8.47. The highest BCUT2D eigenvalue weighted by atomic mass is 19.3. The van der Waals surface area contributed by atoms with E-state index < -0.39 is 11.5 Å². The summed E-state index contributed by atoms with van der Waals surface area (Å²) in [5.74, 6) is -0.723. The molecule has 0 amide bonds. The normalized spacial score (nSPS) is 13.8. The Balaban J connectivity index is 1.89. The van der Waals surface area contributed by atoms with E-state index in [-0.39, 0.29) is 35.6 Å². The zero-order valence-corrected chi connectivity index (χ0v) is 15.1. The first kappa shape index (κ1) is 19.9. The molecule has 0 bridgehead atoms. The van der Waals surface area contributed by atoms with Gasteiger partial charge < -0.3 is 9.47 Å². The Morgan fingerprint density at radius 1 is 1.18 bits per heavy atom. The largest absolute Gasteiger partial charge is 0.493 e. The Kier molecular flexibility index (Phi) is 6.03. The van der Waals surface area contributed by atoms with Crippen molar-refractivity contribution in [2.45, 2.75) is 38.6 Å². The molecular formula is C19H19F3N2O4. The summed E-state index contributed by atoms with van der Waals surface area (Å²) < 4.78 is 47.7. The first-order chi connectivity index (χ1) is 13.4. The van der Waals surface area contributed by atoms with Crippen molar-refractivity contribution >= 4 is 5.69 Å². The summed E-state index contributed by atoms with van der Waals surface area (Å²) in [4.78, 5) is 12.9. The van der Waals surface area contributed by atoms with Gasteiger partial charge in [-0.1, -0.05) is 12.1 Å². The number of rotatable bonds is 9. The van der Waals surface area contributed by atoms with Gasteiger partial charge in [0.1, 0.15) is 5.82 Å². The second-order valence-corrected chi connectivity index (χ2v) is 6.53. The van der Waals surface area contributed by atoms with Crippen LogP contribution < -0.4 is 9.47 Å². The number of nitrogens with zero attached hydrogens (tertiary/aromatic N) is 2. The molecule has 9 heteroatoms. The van der Waals surface area contributed by atoms with E-state index in [1.165, 1.54) is 25.3 Å². The van der Waals surface area contributed by atoms with Gasteiger partial charge in [0, 0.05) is 24.7 Å². The number of nitro benzene ring substituents is 1. The first-order valence-corrected chi connectivity index (χ1v) is 8.66. The van der Waals surface area contributed by atoms with E-state index in [1.54, 1.807) is 12.1 Å². The van der Waals surface area contributed by atoms with Gasteiger partial charge in [0.05, 0.1) is 18.1 Å². The Morgan fingerprint density at radius 3 is 2.39 bits per heavy atom. The Morgan fingerprint density at radius 2 is 1.86 bits per heavy atom. The average Bonchev–Trinajstić information content (AvgIpc) is 3.48. The maximum atomic E-state index is 13.1. The molecule has 150 valence electrons. The molecule has 1 aliphatic rings. The minimum Gasteiger partial charge on any atom is -0.493 e. The van der Waals surface area contributed by atoms with E-state index in [4.69, 9.17) is 4.74 Å². The predicted octanol–water partition coefficient (Wildman–Crippen LogP) is 4.51. The van der Waals surface area contributed by atoms with Crippen LogP contribution in [0.5, 0.6) is 11.5 Å². The molecule has 0 saturated heterocycles. The monoisotopic (exact) mass is 396 g/mol. The van der Waals surface area contributed by atoms with Crippen molar-refractivity contribution < 1.29 is 27.6 Å². The average molecular weight is 396 g/mol. The summed E-state index contributed by atoms with van der Waals surface area (Å²) in [6.45, 7) is -2.41. The van der Waals surface area contributed by atoms with Crippen LogP contribution in [0.15, 0.2) is 36.4 Å². The third-order valence-corrected chi connectivity index (χ3v) is 4.51. The maximum absolute atomic E-state index is 13.1. The highest BCUT2D eigenvalue weighted by Gasteiger charge is 2.31. The van der Waals surface area contributed by atoms with Crippen LogP contribution in [0.4, 0.5) is 18.9 Å². The number of hydrogen-bond acceptors (Lipinski definition) is 5. The predicted molar refractivity (Wildman–Crippen MR) is 94.9 cm³/mol. The standard InChI is InChI=1S/C19H19F3N2O4/c1-27-17-8-13(16(24(25)26)9-18(17)28-19(21)22)11-23(15-6-7-15)10-12-2-4-14(20)5-3-12/h2-5,8-9,15,19H,6-7,10-11H2,1H3. The topological polar surface area (TPSA) is 64.8 Å². The minimum atomic E-state index is -3.12. The SMILES string of the molecule is COc1cc(CN(Cc2ccc(F)cc2)C2CC2)c([N+](=O)[O-])cc1OC(F)F. The summed E-state index contributed by atoms with van der Waals surface area (Å²) in [6, 6.07) is 8.63. The number of nitro groups is 1. The zero-order valence-electron chi connectivity index (χ0n) is 15.1. The van der Waals surface area contributed by atoms with E-state index in [9.17, 15) is 23.3 Å². The molecule has 1 fully saturated rings. The van der Waals surface area contributed by atoms with E-state index in [0.717, 1.165) is 24.5 Å². The lowest BCUT2D eigenvalue weighted by Gasteiger charge is -2.23. The van der Waals surface area contributed by atoms with E-state index in [0.29, 0.717) is 12.1 Å². The molecule has 0 heterocycles. The van der Waals surface area contributed by atoms with E-state index in [2.05, 4.69) is 4.74 Å². The molecule has 6 nitrogen and oxygen atoms in total. The number of benzene rings is 2. The molecule has 0 unspecified atom stereocenters.